The van der Waals surface area contributed by atoms with Gasteiger partial charge >= 0.3 is 0 Å². The standard InChI is InChI=1S/C34H43ClN4O8SSi/c1-34(2,3)49(4,5)47-19-18-45-17-15-37(48(43,44)31-11-7-6-10-30(31)39(41)42)26-13-14-29-28(23-26)33(24-20-25(35)22-27(40)21-24)36-38(29)32-12-8-9-16-46-32/h6-7,10-11,13-14,20-23,32,40H,8-9,12,15-19H2,1-5H3. The molecule has 5 rings (SSSR count). The number of ether oxygens (including phenoxy) is 2. The van der Waals surface area contributed by atoms with Crippen molar-refractivity contribution in [1.82, 2.24) is 9.78 Å². The van der Waals surface area contributed by atoms with Gasteiger partial charge in [0.05, 0.1) is 42.5 Å². The number of hydrogen-bond acceptors (Lipinski definition) is 9. The highest BCUT2D eigenvalue weighted by molar-refractivity contribution is 7.93. The van der Waals surface area contributed by atoms with Crippen LogP contribution < -0.4 is 4.31 Å². The lowest BCUT2D eigenvalue weighted by Crippen LogP contribution is -2.41. The summed E-state index contributed by atoms with van der Waals surface area (Å²) in [5.74, 6) is -0.0504. The van der Waals surface area contributed by atoms with Crippen LogP contribution in [-0.4, -0.2) is 69.5 Å². The van der Waals surface area contributed by atoms with Gasteiger partial charge in [0.2, 0.25) is 0 Å². The molecule has 1 aromatic heterocycles. The van der Waals surface area contributed by atoms with Crippen LogP contribution >= 0.6 is 11.6 Å². The first-order valence-corrected chi connectivity index (χ1v) is 20.9. The smallest absolute Gasteiger partial charge is 0.289 e. The Labute approximate surface area is 292 Å². The number of fused-ring (bicyclic) bond motifs is 1. The number of nitrogens with zero attached hydrogens (tertiary/aromatic N) is 4. The molecule has 0 amide bonds. The molecule has 0 saturated carbocycles. The summed E-state index contributed by atoms with van der Waals surface area (Å²) in [6.07, 6.45) is 2.31. The maximum absolute atomic E-state index is 14.3. The molecule has 2 heterocycles. The van der Waals surface area contributed by atoms with Gasteiger partial charge in [-0.2, -0.15) is 5.10 Å². The number of hydrogen-bond donors (Lipinski definition) is 1. The monoisotopic (exact) mass is 730 g/mol. The average Bonchev–Trinajstić information content (AvgIpc) is 3.42. The number of benzene rings is 3. The van der Waals surface area contributed by atoms with Crippen molar-refractivity contribution in [3.8, 4) is 17.0 Å². The third-order valence-electron chi connectivity index (χ3n) is 9.13. The quantitative estimate of drug-likeness (QED) is 0.0628. The normalized spacial score (nSPS) is 15.8. The number of nitro benzene ring substituents is 1. The van der Waals surface area contributed by atoms with E-state index in [4.69, 9.17) is 30.6 Å². The van der Waals surface area contributed by atoms with Crippen LogP contribution in [-0.2, 0) is 23.9 Å². The lowest BCUT2D eigenvalue weighted by Gasteiger charge is -2.36. The second kappa shape index (κ2) is 14.8. The second-order valence-electron chi connectivity index (χ2n) is 13.5. The van der Waals surface area contributed by atoms with Crippen molar-refractivity contribution in [2.75, 3.05) is 37.3 Å². The maximum Gasteiger partial charge on any atom is 0.289 e. The first kappa shape index (κ1) is 36.7. The Morgan fingerprint density at radius 3 is 2.53 bits per heavy atom. The van der Waals surface area contributed by atoms with E-state index in [9.17, 15) is 23.6 Å². The summed E-state index contributed by atoms with van der Waals surface area (Å²) in [6.45, 7) is 11.8. The Kier molecular flexibility index (Phi) is 11.1. The molecule has 0 radical (unpaired) electrons. The van der Waals surface area contributed by atoms with Gasteiger partial charge in [0.25, 0.3) is 15.7 Å². The molecule has 1 unspecified atom stereocenters. The van der Waals surface area contributed by atoms with Gasteiger partial charge in [0.15, 0.2) is 19.4 Å². The molecule has 1 atom stereocenters. The molecule has 0 spiro atoms. The van der Waals surface area contributed by atoms with Crippen molar-refractivity contribution in [3.63, 3.8) is 0 Å². The van der Waals surface area contributed by atoms with E-state index in [1.807, 2.05) is 0 Å². The summed E-state index contributed by atoms with van der Waals surface area (Å²) in [6, 6.07) is 15.0. The minimum absolute atomic E-state index is 0.00294. The fraction of sp³-hybridized carbons (Fsp3) is 0.441. The van der Waals surface area contributed by atoms with Crippen LogP contribution in [0.1, 0.15) is 46.3 Å². The number of aromatic nitrogens is 2. The first-order valence-electron chi connectivity index (χ1n) is 16.2. The highest BCUT2D eigenvalue weighted by atomic mass is 35.5. The number of phenols is 1. The summed E-state index contributed by atoms with van der Waals surface area (Å²) in [5, 5.41) is 28.1. The Hall–Kier alpha value is -3.53. The minimum atomic E-state index is -4.46. The Morgan fingerprint density at radius 1 is 1.10 bits per heavy atom. The molecule has 1 saturated heterocycles. The van der Waals surface area contributed by atoms with Crippen molar-refractivity contribution in [2.45, 2.75) is 69.3 Å². The molecule has 49 heavy (non-hydrogen) atoms. The van der Waals surface area contributed by atoms with Gasteiger partial charge in [-0.15, -0.1) is 0 Å². The molecule has 1 aliphatic rings. The Balaban J connectivity index is 1.55. The highest BCUT2D eigenvalue weighted by Gasteiger charge is 2.37. The number of phenolic OH excluding ortho intramolecular Hbond substituents is 1. The summed E-state index contributed by atoms with van der Waals surface area (Å²) in [5.41, 5.74) is 1.40. The van der Waals surface area contributed by atoms with E-state index in [1.165, 1.54) is 36.4 Å². The second-order valence-corrected chi connectivity index (χ2v) is 20.6. The van der Waals surface area contributed by atoms with Gasteiger partial charge in [0.1, 0.15) is 11.4 Å². The van der Waals surface area contributed by atoms with Crippen LogP contribution in [0.5, 0.6) is 5.75 Å². The fourth-order valence-electron chi connectivity index (χ4n) is 5.50. The predicted octanol–water partition coefficient (Wildman–Crippen LogP) is 7.90. The molecule has 264 valence electrons. The lowest BCUT2D eigenvalue weighted by molar-refractivity contribution is -0.387. The number of rotatable bonds is 13. The minimum Gasteiger partial charge on any atom is -0.508 e. The van der Waals surface area contributed by atoms with Crippen molar-refractivity contribution in [1.29, 1.82) is 0 Å². The highest BCUT2D eigenvalue weighted by Crippen LogP contribution is 2.39. The van der Waals surface area contributed by atoms with Gasteiger partial charge in [-0.3, -0.25) is 14.4 Å². The first-order chi connectivity index (χ1) is 23.1. The summed E-state index contributed by atoms with van der Waals surface area (Å²) >= 11 is 6.31. The summed E-state index contributed by atoms with van der Waals surface area (Å²) < 4.78 is 49.6. The zero-order valence-electron chi connectivity index (χ0n) is 28.4. The maximum atomic E-state index is 14.3. The largest absolute Gasteiger partial charge is 0.508 e. The van der Waals surface area contributed by atoms with E-state index in [-0.39, 0.29) is 42.5 Å². The van der Waals surface area contributed by atoms with Crippen molar-refractivity contribution >= 4 is 52.2 Å². The van der Waals surface area contributed by atoms with Gasteiger partial charge in [0, 0.05) is 28.6 Å². The van der Waals surface area contributed by atoms with E-state index >= 15 is 0 Å². The fourth-order valence-corrected chi connectivity index (χ4v) is 8.36. The van der Waals surface area contributed by atoms with Crippen LogP contribution in [0.25, 0.3) is 22.2 Å². The molecule has 1 fully saturated rings. The number of anilines is 1. The molecule has 15 heteroatoms. The Bertz CT molecular complexity index is 1900. The molecule has 12 nitrogen and oxygen atoms in total. The van der Waals surface area contributed by atoms with Gasteiger partial charge in [-0.1, -0.05) is 44.5 Å². The number of nitro groups is 1. The lowest BCUT2D eigenvalue weighted by atomic mass is 10.1. The topological polar surface area (TPSA) is 146 Å². The van der Waals surface area contributed by atoms with Crippen LogP contribution in [0, 0.1) is 10.1 Å². The number of para-hydroxylation sites is 1. The van der Waals surface area contributed by atoms with Gasteiger partial charge in [-0.05, 0) is 79.9 Å². The van der Waals surface area contributed by atoms with E-state index in [0.717, 1.165) is 23.6 Å². The zero-order valence-corrected chi connectivity index (χ0v) is 31.0. The van der Waals surface area contributed by atoms with E-state index < -0.39 is 33.8 Å². The molecule has 0 bridgehead atoms. The molecule has 4 aromatic rings. The van der Waals surface area contributed by atoms with Crippen molar-refractivity contribution < 1.29 is 32.3 Å². The molecular weight excluding hydrogens is 688 g/mol. The van der Waals surface area contributed by atoms with E-state index in [0.29, 0.717) is 40.4 Å². The zero-order chi connectivity index (χ0) is 35.6. The summed E-state index contributed by atoms with van der Waals surface area (Å²) in [7, 11) is -6.46. The van der Waals surface area contributed by atoms with Gasteiger partial charge in [-0.25, -0.2) is 13.1 Å². The van der Waals surface area contributed by atoms with Crippen LogP contribution in [0.2, 0.25) is 23.2 Å². The number of aromatic hydroxyl groups is 1. The SMILES string of the molecule is CC(C)(C)[Si](C)(C)OCCOCCN(c1ccc2c(c1)c(-c1cc(O)cc(Cl)c1)nn2C1CCCCO1)S(=O)(=O)c1ccccc1[N+](=O)[O-]. The Morgan fingerprint density at radius 2 is 1.86 bits per heavy atom. The average molecular weight is 731 g/mol. The number of halogens is 1. The number of sulfonamides is 1. The summed E-state index contributed by atoms with van der Waals surface area (Å²) in [4.78, 5) is 10.8. The van der Waals surface area contributed by atoms with Crippen molar-refractivity contribution in [3.05, 3.63) is 75.8 Å². The van der Waals surface area contributed by atoms with Crippen LogP contribution in [0.15, 0.2) is 65.6 Å². The van der Waals surface area contributed by atoms with Crippen LogP contribution in [0.4, 0.5) is 11.4 Å². The molecule has 1 N–H and O–H groups in total. The predicted molar refractivity (Wildman–Crippen MR) is 192 cm³/mol. The molecule has 1 aliphatic heterocycles. The van der Waals surface area contributed by atoms with Crippen LogP contribution in [0.3, 0.4) is 0 Å². The molecule has 3 aromatic carbocycles. The molecular formula is C34H43ClN4O8SSi. The third kappa shape index (κ3) is 8.11. The van der Waals surface area contributed by atoms with E-state index in [1.54, 1.807) is 28.9 Å². The van der Waals surface area contributed by atoms with E-state index in [2.05, 4.69) is 33.9 Å². The van der Waals surface area contributed by atoms with Gasteiger partial charge < -0.3 is 19.0 Å². The molecule has 0 aliphatic carbocycles. The van der Waals surface area contributed by atoms with Crippen molar-refractivity contribution in [2.24, 2.45) is 0 Å². The third-order valence-corrected chi connectivity index (χ3v) is 15.8.